The molecule has 0 aliphatic rings. The van der Waals surface area contributed by atoms with Crippen LogP contribution in [0.15, 0.2) is 48.5 Å². The van der Waals surface area contributed by atoms with Crippen molar-refractivity contribution >= 4 is 17.6 Å². The fourth-order valence-corrected chi connectivity index (χ4v) is 1.85. The molecule has 1 amide bonds. The minimum Gasteiger partial charge on any atom is -0.546 e. The first-order valence-corrected chi connectivity index (χ1v) is 7.05. The normalized spacial score (nSPS) is 9.96. The van der Waals surface area contributed by atoms with Gasteiger partial charge in [0.05, 0.1) is 12.6 Å². The third-order valence-corrected chi connectivity index (χ3v) is 2.90. The Morgan fingerprint density at radius 1 is 0.957 bits per heavy atom. The molecule has 6 heteroatoms. The predicted molar refractivity (Wildman–Crippen MR) is 82.5 cm³/mol. The number of hydrogen-bond acceptors (Lipinski definition) is 5. The molecule has 0 unspecified atom stereocenters. The lowest BCUT2D eigenvalue weighted by molar-refractivity contribution is -0.307. The zero-order chi connectivity index (χ0) is 16.7. The van der Waals surface area contributed by atoms with Crippen molar-refractivity contribution in [3.05, 3.63) is 54.1 Å². The molecule has 0 aliphatic carbocycles. The number of aliphatic carboxylic acids is 1. The highest BCUT2D eigenvalue weighted by molar-refractivity contribution is 6.04. The zero-order valence-corrected chi connectivity index (χ0v) is 12.6. The van der Waals surface area contributed by atoms with Crippen molar-refractivity contribution in [3.8, 4) is 11.5 Å². The molecular formula is C17H16NO5-. The van der Waals surface area contributed by atoms with E-state index in [-0.39, 0.29) is 5.91 Å². The van der Waals surface area contributed by atoms with Crippen LogP contribution in [-0.4, -0.2) is 25.1 Å². The molecule has 0 bridgehead atoms. The van der Waals surface area contributed by atoms with Gasteiger partial charge >= 0.3 is 0 Å². The number of amides is 1. The SMILES string of the molecule is CCOc1ccc(C(=O)Nc2ccc(OCC(=O)[O-])cc2)cc1. The van der Waals surface area contributed by atoms with E-state index in [9.17, 15) is 14.7 Å². The largest absolute Gasteiger partial charge is 0.546 e. The second-order valence-corrected chi connectivity index (χ2v) is 4.60. The summed E-state index contributed by atoms with van der Waals surface area (Å²) in [4.78, 5) is 22.4. The number of carboxylic acid groups (broad SMARTS) is 1. The van der Waals surface area contributed by atoms with Gasteiger partial charge in [-0.3, -0.25) is 4.79 Å². The van der Waals surface area contributed by atoms with Crippen LogP contribution in [0, 0.1) is 0 Å². The van der Waals surface area contributed by atoms with E-state index < -0.39 is 12.6 Å². The number of nitrogens with one attached hydrogen (secondary N) is 1. The minimum atomic E-state index is -1.29. The van der Waals surface area contributed by atoms with Gasteiger partial charge in [-0.1, -0.05) is 0 Å². The Hall–Kier alpha value is -3.02. The van der Waals surface area contributed by atoms with Crippen molar-refractivity contribution in [2.45, 2.75) is 6.92 Å². The Morgan fingerprint density at radius 3 is 2.09 bits per heavy atom. The molecule has 0 heterocycles. The molecule has 0 saturated carbocycles. The molecule has 2 aromatic rings. The average molecular weight is 314 g/mol. The fraction of sp³-hybridized carbons (Fsp3) is 0.176. The summed E-state index contributed by atoms with van der Waals surface area (Å²) in [6.07, 6.45) is 0. The predicted octanol–water partition coefficient (Wildman–Crippen LogP) is 1.47. The first kappa shape index (κ1) is 16.4. The molecule has 0 saturated heterocycles. The van der Waals surface area contributed by atoms with Crippen LogP contribution in [0.2, 0.25) is 0 Å². The summed E-state index contributed by atoms with van der Waals surface area (Å²) in [6.45, 7) is 1.94. The summed E-state index contributed by atoms with van der Waals surface area (Å²) in [5, 5.41) is 13.0. The van der Waals surface area contributed by atoms with E-state index in [2.05, 4.69) is 5.32 Å². The molecule has 1 N–H and O–H groups in total. The number of benzene rings is 2. The molecular weight excluding hydrogens is 298 g/mol. The summed E-state index contributed by atoms with van der Waals surface area (Å²) < 4.78 is 10.3. The van der Waals surface area contributed by atoms with Crippen molar-refractivity contribution in [1.82, 2.24) is 0 Å². The van der Waals surface area contributed by atoms with E-state index in [1.807, 2.05) is 6.92 Å². The van der Waals surface area contributed by atoms with Crippen LogP contribution < -0.4 is 19.9 Å². The number of hydrogen-bond donors (Lipinski definition) is 1. The number of anilines is 1. The van der Waals surface area contributed by atoms with Crippen molar-refractivity contribution in [2.24, 2.45) is 0 Å². The Kier molecular flexibility index (Phi) is 5.57. The van der Waals surface area contributed by atoms with Gasteiger partial charge in [0.2, 0.25) is 0 Å². The smallest absolute Gasteiger partial charge is 0.255 e. The van der Waals surface area contributed by atoms with Crippen LogP contribution >= 0.6 is 0 Å². The quantitative estimate of drug-likeness (QED) is 0.836. The molecule has 23 heavy (non-hydrogen) atoms. The summed E-state index contributed by atoms with van der Waals surface area (Å²) in [6, 6.07) is 13.2. The monoisotopic (exact) mass is 314 g/mol. The van der Waals surface area contributed by atoms with E-state index in [0.717, 1.165) is 0 Å². The van der Waals surface area contributed by atoms with E-state index in [0.29, 0.717) is 29.4 Å². The van der Waals surface area contributed by atoms with Gasteiger partial charge in [0.1, 0.15) is 18.1 Å². The van der Waals surface area contributed by atoms with Crippen LogP contribution in [0.5, 0.6) is 11.5 Å². The highest BCUT2D eigenvalue weighted by atomic mass is 16.5. The van der Waals surface area contributed by atoms with Crippen LogP contribution in [-0.2, 0) is 4.79 Å². The fourth-order valence-electron chi connectivity index (χ4n) is 1.85. The van der Waals surface area contributed by atoms with Gasteiger partial charge < -0.3 is 24.7 Å². The minimum absolute atomic E-state index is 0.253. The number of carbonyl (C=O) groups is 2. The van der Waals surface area contributed by atoms with Gasteiger partial charge in [0.15, 0.2) is 0 Å². The third kappa shape index (κ3) is 5.03. The van der Waals surface area contributed by atoms with Crippen molar-refractivity contribution < 1.29 is 24.2 Å². The van der Waals surface area contributed by atoms with E-state index >= 15 is 0 Å². The Balaban J connectivity index is 1.95. The van der Waals surface area contributed by atoms with Gasteiger partial charge in [0, 0.05) is 11.3 Å². The van der Waals surface area contributed by atoms with Crippen molar-refractivity contribution in [2.75, 3.05) is 18.5 Å². The third-order valence-electron chi connectivity index (χ3n) is 2.90. The maximum Gasteiger partial charge on any atom is 0.255 e. The summed E-state index contributed by atoms with van der Waals surface area (Å²) in [7, 11) is 0. The molecule has 0 aromatic heterocycles. The van der Waals surface area contributed by atoms with Crippen molar-refractivity contribution in [3.63, 3.8) is 0 Å². The van der Waals surface area contributed by atoms with Crippen molar-refractivity contribution in [1.29, 1.82) is 0 Å². The lowest BCUT2D eigenvalue weighted by atomic mass is 10.2. The molecule has 0 radical (unpaired) electrons. The molecule has 0 atom stereocenters. The van der Waals surface area contributed by atoms with Gasteiger partial charge in [-0.05, 0) is 55.5 Å². The van der Waals surface area contributed by atoms with Gasteiger partial charge in [-0.25, -0.2) is 0 Å². The Labute approximate surface area is 133 Å². The molecule has 0 fully saturated rings. The molecule has 2 rings (SSSR count). The number of carbonyl (C=O) groups excluding carboxylic acids is 2. The maximum absolute atomic E-state index is 12.1. The maximum atomic E-state index is 12.1. The van der Waals surface area contributed by atoms with Gasteiger partial charge in [-0.15, -0.1) is 0 Å². The van der Waals surface area contributed by atoms with Crippen LogP contribution in [0.4, 0.5) is 5.69 Å². The van der Waals surface area contributed by atoms with Crippen LogP contribution in [0.25, 0.3) is 0 Å². The number of rotatable bonds is 7. The highest BCUT2D eigenvalue weighted by Gasteiger charge is 2.06. The molecule has 6 nitrogen and oxygen atoms in total. The molecule has 0 aliphatic heterocycles. The Bertz CT molecular complexity index is 664. The first-order valence-electron chi connectivity index (χ1n) is 7.05. The zero-order valence-electron chi connectivity index (χ0n) is 12.6. The van der Waals surface area contributed by atoms with E-state index in [1.54, 1.807) is 48.5 Å². The highest BCUT2D eigenvalue weighted by Crippen LogP contribution is 2.17. The molecule has 2 aromatic carbocycles. The van der Waals surface area contributed by atoms with E-state index in [4.69, 9.17) is 9.47 Å². The Morgan fingerprint density at radius 2 is 1.52 bits per heavy atom. The average Bonchev–Trinajstić information content (AvgIpc) is 2.55. The second-order valence-electron chi connectivity index (χ2n) is 4.60. The second kappa shape index (κ2) is 7.84. The first-order chi connectivity index (χ1) is 11.1. The van der Waals surface area contributed by atoms with Crippen LogP contribution in [0.3, 0.4) is 0 Å². The van der Waals surface area contributed by atoms with Gasteiger partial charge in [0.25, 0.3) is 5.91 Å². The summed E-state index contributed by atoms with van der Waals surface area (Å²) in [5.74, 6) is -0.457. The number of carboxylic acids is 1. The topological polar surface area (TPSA) is 87.7 Å². The lowest BCUT2D eigenvalue weighted by Gasteiger charge is -2.09. The van der Waals surface area contributed by atoms with Crippen LogP contribution in [0.1, 0.15) is 17.3 Å². The molecule has 0 spiro atoms. The standard InChI is InChI=1S/C17H17NO5/c1-2-22-14-7-3-12(4-8-14)17(21)18-13-5-9-15(10-6-13)23-11-16(19)20/h3-10H,2,11H2,1H3,(H,18,21)(H,19,20)/p-1. The molecule has 120 valence electrons. The summed E-state index contributed by atoms with van der Waals surface area (Å²) >= 11 is 0. The van der Waals surface area contributed by atoms with E-state index in [1.165, 1.54) is 0 Å². The lowest BCUT2D eigenvalue weighted by Crippen LogP contribution is -2.28. The number of ether oxygens (including phenoxy) is 2. The van der Waals surface area contributed by atoms with Gasteiger partial charge in [-0.2, -0.15) is 0 Å². The summed E-state index contributed by atoms with van der Waals surface area (Å²) in [5.41, 5.74) is 1.08.